The molecule has 1 aromatic heterocycles. The summed E-state index contributed by atoms with van der Waals surface area (Å²) >= 11 is 0. The molecule has 0 radical (unpaired) electrons. The second-order valence-electron chi connectivity index (χ2n) is 6.08. The molecule has 7 nitrogen and oxygen atoms in total. The Bertz CT molecular complexity index is 847. The Morgan fingerprint density at radius 3 is 2.56 bits per heavy atom. The topological polar surface area (TPSA) is 94.2 Å². The van der Waals surface area contributed by atoms with Gasteiger partial charge in [0.05, 0.1) is 36.7 Å². The second-order valence-corrected chi connectivity index (χ2v) is 6.08. The van der Waals surface area contributed by atoms with Crippen LogP contribution in [0.4, 0.5) is 0 Å². The van der Waals surface area contributed by atoms with Crippen LogP contribution in [0, 0.1) is 25.2 Å². The fourth-order valence-corrected chi connectivity index (χ4v) is 2.76. The molecule has 0 spiro atoms. The van der Waals surface area contributed by atoms with Crippen molar-refractivity contribution in [3.05, 3.63) is 46.8 Å². The number of unbranched alkanes of at least 4 members (excludes halogenated alkanes) is 1. The quantitative estimate of drug-likeness (QED) is 0.524. The highest BCUT2D eigenvalue weighted by Gasteiger charge is 2.15. The first-order valence-corrected chi connectivity index (χ1v) is 8.74. The van der Waals surface area contributed by atoms with Gasteiger partial charge in [0.15, 0.2) is 0 Å². The molecule has 1 heterocycles. The van der Waals surface area contributed by atoms with E-state index in [-0.39, 0.29) is 12.6 Å². The van der Waals surface area contributed by atoms with E-state index >= 15 is 0 Å². The molecule has 0 N–H and O–H groups in total. The number of methoxy groups -OCH3 is 1. The molecule has 0 atom stereocenters. The number of nitriles is 1. The number of benzene rings is 1. The van der Waals surface area contributed by atoms with Gasteiger partial charge in [0.25, 0.3) is 0 Å². The van der Waals surface area contributed by atoms with Gasteiger partial charge in [-0.25, -0.2) is 9.48 Å². The lowest BCUT2D eigenvalue weighted by Gasteiger charge is -2.07. The molecule has 1 aromatic carbocycles. The monoisotopic (exact) mass is 369 g/mol. The molecule has 0 aliphatic rings. The molecule has 0 fully saturated rings. The lowest BCUT2D eigenvalue weighted by molar-refractivity contribution is -0.140. The number of aryl methyl sites for hydroxylation is 1. The van der Waals surface area contributed by atoms with Crippen molar-refractivity contribution in [3.63, 3.8) is 0 Å². The van der Waals surface area contributed by atoms with E-state index < -0.39 is 5.97 Å². The van der Waals surface area contributed by atoms with Crippen LogP contribution < -0.4 is 0 Å². The molecule has 27 heavy (non-hydrogen) atoms. The Labute approximate surface area is 158 Å². The molecule has 0 aliphatic carbocycles. The number of rotatable bonds is 8. The number of carbonyl (C=O) groups excluding carboxylic acids is 2. The van der Waals surface area contributed by atoms with Crippen molar-refractivity contribution in [2.75, 3.05) is 13.7 Å². The molecule has 0 saturated carbocycles. The van der Waals surface area contributed by atoms with Gasteiger partial charge in [0.2, 0.25) is 0 Å². The molecular weight excluding hydrogens is 346 g/mol. The minimum absolute atomic E-state index is 0.231. The number of hydrogen-bond acceptors (Lipinski definition) is 6. The Morgan fingerprint density at radius 1 is 1.22 bits per heavy atom. The molecule has 7 heteroatoms. The van der Waals surface area contributed by atoms with Gasteiger partial charge in [0.1, 0.15) is 0 Å². The third kappa shape index (κ3) is 5.17. The molecule has 0 aliphatic heterocycles. The molecule has 142 valence electrons. The molecule has 2 aromatic rings. The van der Waals surface area contributed by atoms with Gasteiger partial charge in [-0.15, -0.1) is 0 Å². The number of esters is 2. The molecule has 0 unspecified atom stereocenters. The van der Waals surface area contributed by atoms with Crippen molar-refractivity contribution < 1.29 is 19.1 Å². The maximum absolute atomic E-state index is 12.0. The molecule has 0 saturated heterocycles. The van der Waals surface area contributed by atoms with Crippen LogP contribution in [-0.4, -0.2) is 35.4 Å². The van der Waals surface area contributed by atoms with Gasteiger partial charge in [-0.3, -0.25) is 4.79 Å². The summed E-state index contributed by atoms with van der Waals surface area (Å²) in [5, 5.41) is 13.0. The molecule has 0 bridgehead atoms. The van der Waals surface area contributed by atoms with E-state index in [1.165, 1.54) is 7.11 Å². The number of nitrogens with zero attached hydrogens (tertiary/aromatic N) is 3. The fraction of sp³-hybridized carbons (Fsp3) is 0.400. The smallest absolute Gasteiger partial charge is 0.338 e. The Kier molecular flexibility index (Phi) is 7.12. The zero-order valence-corrected chi connectivity index (χ0v) is 15.8. The highest BCUT2D eigenvalue weighted by molar-refractivity contribution is 5.89. The van der Waals surface area contributed by atoms with E-state index in [1.54, 1.807) is 28.9 Å². The van der Waals surface area contributed by atoms with Gasteiger partial charge in [0, 0.05) is 18.5 Å². The van der Waals surface area contributed by atoms with Gasteiger partial charge in [-0.1, -0.05) is 0 Å². The Morgan fingerprint density at radius 2 is 1.93 bits per heavy atom. The number of aromatic nitrogens is 2. The van der Waals surface area contributed by atoms with Crippen LogP contribution >= 0.6 is 0 Å². The molecule has 0 amide bonds. The summed E-state index contributed by atoms with van der Waals surface area (Å²) in [5.74, 6) is -0.661. The lowest BCUT2D eigenvalue weighted by Crippen LogP contribution is -2.07. The summed E-state index contributed by atoms with van der Waals surface area (Å²) < 4.78 is 11.6. The summed E-state index contributed by atoms with van der Waals surface area (Å²) in [6.45, 7) is 4.09. The van der Waals surface area contributed by atoms with Crippen molar-refractivity contribution in [2.45, 2.75) is 39.5 Å². The highest BCUT2D eigenvalue weighted by atomic mass is 16.5. The van der Waals surface area contributed by atoms with Crippen molar-refractivity contribution in [1.82, 2.24) is 9.78 Å². The fourth-order valence-electron chi connectivity index (χ4n) is 2.76. The summed E-state index contributed by atoms with van der Waals surface area (Å²) in [4.78, 5) is 23.4. The lowest BCUT2D eigenvalue weighted by atomic mass is 10.1. The van der Waals surface area contributed by atoms with Crippen molar-refractivity contribution in [1.29, 1.82) is 5.26 Å². The predicted octanol–water partition coefficient (Wildman–Crippen LogP) is 3.06. The van der Waals surface area contributed by atoms with E-state index in [4.69, 9.17) is 14.7 Å². The van der Waals surface area contributed by atoms with E-state index in [9.17, 15) is 9.59 Å². The minimum atomic E-state index is -0.411. The van der Waals surface area contributed by atoms with Crippen molar-refractivity contribution in [2.24, 2.45) is 0 Å². The van der Waals surface area contributed by atoms with Gasteiger partial charge < -0.3 is 9.47 Å². The third-order valence-corrected chi connectivity index (χ3v) is 4.26. The van der Waals surface area contributed by atoms with Crippen LogP contribution in [0.3, 0.4) is 0 Å². The number of ether oxygens (including phenoxy) is 2. The number of carbonyl (C=O) groups is 2. The van der Waals surface area contributed by atoms with Gasteiger partial charge in [-0.05, 0) is 56.5 Å². The van der Waals surface area contributed by atoms with Crippen molar-refractivity contribution >= 4 is 11.9 Å². The van der Waals surface area contributed by atoms with Crippen molar-refractivity contribution in [3.8, 4) is 11.8 Å². The average molecular weight is 369 g/mol. The molecule has 2 rings (SSSR count). The standard InChI is InChI=1S/C20H23N3O4/c1-14-18(10-11-19(24)26-3)15(2)23(22-14)17-8-6-16(7-9-17)20(25)27-13-5-4-12-21/h6-9H,4-5,10-11,13H2,1-3H3. The first-order valence-electron chi connectivity index (χ1n) is 8.74. The first kappa shape index (κ1) is 20.2. The maximum atomic E-state index is 12.0. The summed E-state index contributed by atoms with van der Waals surface area (Å²) in [7, 11) is 1.38. The zero-order valence-electron chi connectivity index (χ0n) is 15.8. The van der Waals surface area contributed by atoms with Crippen LogP contribution in [0.25, 0.3) is 5.69 Å². The summed E-state index contributed by atoms with van der Waals surface area (Å²) in [5.41, 5.74) is 4.09. The third-order valence-electron chi connectivity index (χ3n) is 4.26. The average Bonchev–Trinajstić information content (AvgIpc) is 2.97. The van der Waals surface area contributed by atoms with Crippen LogP contribution in [0.5, 0.6) is 0 Å². The Balaban J connectivity index is 2.09. The Hall–Kier alpha value is -3.14. The normalized spacial score (nSPS) is 10.3. The first-order chi connectivity index (χ1) is 13.0. The minimum Gasteiger partial charge on any atom is -0.469 e. The SMILES string of the molecule is COC(=O)CCc1c(C)nn(-c2ccc(C(=O)OCCCC#N)cc2)c1C. The number of hydrogen-bond donors (Lipinski definition) is 0. The van der Waals surface area contributed by atoms with E-state index in [2.05, 4.69) is 5.10 Å². The van der Waals surface area contributed by atoms with Gasteiger partial charge in [-0.2, -0.15) is 10.4 Å². The highest BCUT2D eigenvalue weighted by Crippen LogP contribution is 2.20. The van der Waals surface area contributed by atoms with E-state index in [1.807, 2.05) is 19.9 Å². The summed E-state index contributed by atoms with van der Waals surface area (Å²) in [6.07, 6.45) is 1.76. The van der Waals surface area contributed by atoms with E-state index in [0.29, 0.717) is 31.2 Å². The van der Waals surface area contributed by atoms with Crippen LogP contribution in [0.1, 0.15) is 46.6 Å². The predicted molar refractivity (Wildman–Crippen MR) is 98.5 cm³/mol. The van der Waals surface area contributed by atoms with Crippen LogP contribution in [0.2, 0.25) is 0 Å². The second kappa shape index (κ2) is 9.53. The van der Waals surface area contributed by atoms with E-state index in [0.717, 1.165) is 22.6 Å². The zero-order chi connectivity index (χ0) is 19.8. The maximum Gasteiger partial charge on any atom is 0.338 e. The van der Waals surface area contributed by atoms with Crippen LogP contribution in [-0.2, 0) is 20.7 Å². The molecular formula is C20H23N3O4. The summed E-state index contributed by atoms with van der Waals surface area (Å²) in [6, 6.07) is 8.99. The van der Waals surface area contributed by atoms with Crippen LogP contribution in [0.15, 0.2) is 24.3 Å². The van der Waals surface area contributed by atoms with Gasteiger partial charge >= 0.3 is 11.9 Å². The largest absolute Gasteiger partial charge is 0.469 e.